The second-order valence-electron chi connectivity index (χ2n) is 2.26. The first-order valence-corrected chi connectivity index (χ1v) is 4.92. The third-order valence-corrected chi connectivity index (χ3v) is 1.76. The second kappa shape index (κ2) is 5.13. The molecule has 0 heterocycles. The van der Waals surface area contributed by atoms with Crippen molar-refractivity contribution in [2.75, 3.05) is 19.0 Å². The Kier molecular flexibility index (Phi) is 4.87. The highest BCUT2D eigenvalue weighted by molar-refractivity contribution is 7.85. The summed E-state index contributed by atoms with van der Waals surface area (Å²) < 4.78 is 33.4. The zero-order valence-corrected chi connectivity index (χ0v) is 7.38. The van der Waals surface area contributed by atoms with Crippen LogP contribution in [0.1, 0.15) is 6.42 Å². The number of aliphatic hydroxyl groups is 1. The first kappa shape index (κ1) is 11.4. The summed E-state index contributed by atoms with van der Waals surface area (Å²) >= 11 is 0. The Morgan fingerprint density at radius 1 is 1.50 bits per heavy atom. The van der Waals surface area contributed by atoms with Crippen molar-refractivity contribution in [1.82, 2.24) is 0 Å². The summed E-state index contributed by atoms with van der Waals surface area (Å²) in [5.74, 6) is -0.438. The average Bonchev–Trinajstić information content (AvgIpc) is 1.83. The van der Waals surface area contributed by atoms with E-state index in [0.29, 0.717) is 0 Å². The molecule has 72 valence electrons. The molecule has 0 rings (SSSR count). The van der Waals surface area contributed by atoms with Gasteiger partial charge in [-0.3, -0.25) is 4.55 Å². The molecule has 2 N–H and O–H groups in total. The monoisotopic (exact) mass is 196 g/mol. The van der Waals surface area contributed by atoms with Crippen molar-refractivity contribution >= 4 is 10.1 Å². The predicted molar refractivity (Wildman–Crippen MR) is 43.6 cm³/mol. The number of hydrogen-bond acceptors (Lipinski definition) is 4. The Hall–Kier alpha value is -0.590. The van der Waals surface area contributed by atoms with Crippen molar-refractivity contribution in [3.05, 3.63) is 12.3 Å². The molecule has 0 radical (unpaired) electrons. The van der Waals surface area contributed by atoms with Gasteiger partial charge in [-0.15, -0.1) is 0 Å². The van der Waals surface area contributed by atoms with Crippen molar-refractivity contribution in [3.8, 4) is 0 Å². The lowest BCUT2D eigenvalue weighted by molar-refractivity contribution is 0.129. The Balaban J connectivity index is 3.29. The summed E-state index contributed by atoms with van der Waals surface area (Å²) in [7, 11) is -3.89. The van der Waals surface area contributed by atoms with Crippen LogP contribution in [0.3, 0.4) is 0 Å². The molecule has 0 aromatic carbocycles. The van der Waals surface area contributed by atoms with Crippen LogP contribution in [0.5, 0.6) is 0 Å². The van der Waals surface area contributed by atoms with E-state index in [2.05, 4.69) is 6.58 Å². The van der Waals surface area contributed by atoms with Crippen LogP contribution >= 0.6 is 0 Å². The Morgan fingerprint density at radius 2 is 2.08 bits per heavy atom. The maximum absolute atomic E-state index is 10.2. The summed E-state index contributed by atoms with van der Waals surface area (Å²) in [6.07, 6.45) is 0.201. The van der Waals surface area contributed by atoms with Crippen LogP contribution in [0, 0.1) is 0 Å². The maximum Gasteiger partial charge on any atom is 0.264 e. The highest BCUT2D eigenvalue weighted by atomic mass is 32.2. The van der Waals surface area contributed by atoms with E-state index in [0.717, 1.165) is 0 Å². The smallest absolute Gasteiger partial charge is 0.264 e. The van der Waals surface area contributed by atoms with Crippen molar-refractivity contribution in [1.29, 1.82) is 0 Å². The minimum Gasteiger partial charge on any atom is -0.510 e. The molecule has 12 heavy (non-hydrogen) atoms. The molecule has 0 aromatic heterocycles. The number of ether oxygens (including phenoxy) is 1. The molecule has 0 aliphatic carbocycles. The van der Waals surface area contributed by atoms with Gasteiger partial charge in [-0.25, -0.2) is 0 Å². The average molecular weight is 196 g/mol. The standard InChI is InChI=1S/C6H12O5S/c1-6(7)5-11-3-2-4-12(8,9)10/h7H,1-5H2,(H,8,9,10). The van der Waals surface area contributed by atoms with Gasteiger partial charge in [-0.2, -0.15) is 8.42 Å². The topological polar surface area (TPSA) is 83.8 Å². The van der Waals surface area contributed by atoms with Crippen LogP contribution in [0.2, 0.25) is 0 Å². The molecule has 0 saturated heterocycles. The minimum absolute atomic E-state index is 0.00846. The zero-order valence-electron chi connectivity index (χ0n) is 6.56. The Bertz CT molecular complexity index is 230. The molecule has 0 fully saturated rings. The van der Waals surface area contributed by atoms with Gasteiger partial charge in [0, 0.05) is 6.61 Å². The molecule has 0 aliphatic heterocycles. The van der Waals surface area contributed by atoms with Gasteiger partial charge in [-0.1, -0.05) is 6.58 Å². The molecule has 0 bridgehead atoms. The van der Waals surface area contributed by atoms with Crippen molar-refractivity contribution in [2.45, 2.75) is 6.42 Å². The molecule has 0 amide bonds. The van der Waals surface area contributed by atoms with Gasteiger partial charge in [0.2, 0.25) is 0 Å². The summed E-state index contributed by atoms with van der Waals surface area (Å²) in [5.41, 5.74) is 0. The predicted octanol–water partition coefficient (Wildman–Crippen LogP) is 0.353. The summed E-state index contributed by atoms with van der Waals surface area (Å²) in [5, 5.41) is 8.52. The minimum atomic E-state index is -3.89. The van der Waals surface area contributed by atoms with Gasteiger partial charge in [0.05, 0.1) is 5.75 Å². The first-order chi connectivity index (χ1) is 5.42. The normalized spacial score (nSPS) is 11.4. The second-order valence-corrected chi connectivity index (χ2v) is 3.83. The SMILES string of the molecule is C=C(O)COCCCS(=O)(=O)O. The molecule has 6 heteroatoms. The lowest BCUT2D eigenvalue weighted by atomic mass is 10.5. The lowest BCUT2D eigenvalue weighted by Gasteiger charge is -2.00. The zero-order chi connectivity index (χ0) is 9.61. The van der Waals surface area contributed by atoms with Crippen molar-refractivity contribution in [3.63, 3.8) is 0 Å². The Morgan fingerprint density at radius 3 is 2.50 bits per heavy atom. The first-order valence-electron chi connectivity index (χ1n) is 3.31. The van der Waals surface area contributed by atoms with Gasteiger partial charge in [0.25, 0.3) is 10.1 Å². The largest absolute Gasteiger partial charge is 0.510 e. The maximum atomic E-state index is 10.2. The summed E-state index contributed by atoms with van der Waals surface area (Å²) in [4.78, 5) is 0. The molecular weight excluding hydrogens is 184 g/mol. The molecule has 5 nitrogen and oxygen atoms in total. The molecular formula is C6H12O5S. The highest BCUT2D eigenvalue weighted by Gasteiger charge is 2.02. The van der Waals surface area contributed by atoms with Crippen LogP contribution in [-0.2, 0) is 14.9 Å². The van der Waals surface area contributed by atoms with Crippen LogP contribution < -0.4 is 0 Å². The van der Waals surface area contributed by atoms with E-state index in [4.69, 9.17) is 14.4 Å². The summed E-state index contributed by atoms with van der Waals surface area (Å²) in [6, 6.07) is 0. The quantitative estimate of drug-likeness (QED) is 0.364. The van der Waals surface area contributed by atoms with Gasteiger partial charge in [0.15, 0.2) is 0 Å². The summed E-state index contributed by atoms with van der Waals surface area (Å²) in [6.45, 7) is 3.32. The van der Waals surface area contributed by atoms with E-state index in [9.17, 15) is 8.42 Å². The number of aliphatic hydroxyl groups excluding tert-OH is 1. The Labute approximate surface area is 71.4 Å². The molecule has 0 unspecified atom stereocenters. The van der Waals surface area contributed by atoms with Gasteiger partial charge >= 0.3 is 0 Å². The van der Waals surface area contributed by atoms with Crippen molar-refractivity contribution in [2.24, 2.45) is 0 Å². The number of rotatable bonds is 6. The van der Waals surface area contributed by atoms with E-state index in [1.165, 1.54) is 0 Å². The molecule has 0 saturated carbocycles. The van der Waals surface area contributed by atoms with Crippen LogP contribution in [-0.4, -0.2) is 37.0 Å². The van der Waals surface area contributed by atoms with Gasteiger partial charge in [0.1, 0.15) is 12.4 Å². The van der Waals surface area contributed by atoms with E-state index in [1.807, 2.05) is 0 Å². The van der Waals surface area contributed by atoms with Gasteiger partial charge < -0.3 is 9.84 Å². The van der Waals surface area contributed by atoms with E-state index >= 15 is 0 Å². The van der Waals surface area contributed by atoms with E-state index in [-0.39, 0.29) is 31.1 Å². The van der Waals surface area contributed by atoms with Crippen LogP contribution in [0.4, 0.5) is 0 Å². The van der Waals surface area contributed by atoms with Crippen LogP contribution in [0.15, 0.2) is 12.3 Å². The molecule has 0 aliphatic rings. The molecule has 0 atom stereocenters. The fraction of sp³-hybridized carbons (Fsp3) is 0.667. The third-order valence-electron chi connectivity index (χ3n) is 0.960. The van der Waals surface area contributed by atoms with Crippen molar-refractivity contribution < 1.29 is 22.8 Å². The van der Waals surface area contributed by atoms with Crippen LogP contribution in [0.25, 0.3) is 0 Å². The highest BCUT2D eigenvalue weighted by Crippen LogP contribution is 1.91. The van der Waals surface area contributed by atoms with E-state index < -0.39 is 10.1 Å². The molecule has 0 spiro atoms. The fourth-order valence-corrected chi connectivity index (χ4v) is 1.02. The number of hydrogen-bond donors (Lipinski definition) is 2. The van der Waals surface area contributed by atoms with Gasteiger partial charge in [-0.05, 0) is 6.42 Å². The lowest BCUT2D eigenvalue weighted by Crippen LogP contribution is -2.08. The molecule has 0 aromatic rings. The fourth-order valence-electron chi connectivity index (χ4n) is 0.533. The third kappa shape index (κ3) is 9.41. The van der Waals surface area contributed by atoms with E-state index in [1.54, 1.807) is 0 Å².